The average Bonchev–Trinajstić information content (AvgIpc) is 3.03. The van der Waals surface area contributed by atoms with E-state index in [9.17, 15) is 14.4 Å². The molecule has 3 aromatic rings. The second-order valence-corrected chi connectivity index (χ2v) is 8.10. The molecule has 1 aliphatic heterocycles. The number of nitrogens with one attached hydrogen (secondary N) is 2. The first kappa shape index (κ1) is 22.1. The summed E-state index contributed by atoms with van der Waals surface area (Å²) in [5.41, 5.74) is 0.471. The van der Waals surface area contributed by atoms with Crippen LogP contribution in [0.15, 0.2) is 84.9 Å². The summed E-state index contributed by atoms with van der Waals surface area (Å²) in [6.45, 7) is 1.31. The Kier molecular flexibility index (Phi) is 6.40. The molecule has 0 aliphatic carbocycles. The van der Waals surface area contributed by atoms with Crippen molar-refractivity contribution in [1.29, 1.82) is 0 Å². The molecule has 7 heteroatoms. The minimum Gasteiger partial charge on any atom is -0.455 e. The number of anilines is 1. The molecule has 1 fully saturated rings. The molecule has 0 unspecified atom stereocenters. The van der Waals surface area contributed by atoms with Crippen molar-refractivity contribution in [1.82, 2.24) is 10.2 Å². The van der Waals surface area contributed by atoms with Gasteiger partial charge in [0.2, 0.25) is 5.91 Å². The van der Waals surface area contributed by atoms with E-state index in [1.807, 2.05) is 60.7 Å². The van der Waals surface area contributed by atoms with E-state index >= 15 is 0 Å². The molecule has 1 atom stereocenters. The first-order chi connectivity index (χ1) is 15.9. The molecule has 0 bridgehead atoms. The highest BCUT2D eigenvalue weighted by molar-refractivity contribution is 6.10. The lowest BCUT2D eigenvalue weighted by atomic mass is 9.93. The topological polar surface area (TPSA) is 87.7 Å². The molecule has 0 radical (unpaired) electrons. The van der Waals surface area contributed by atoms with Crippen molar-refractivity contribution >= 4 is 23.5 Å². The number of hydrogen-bond donors (Lipinski definition) is 2. The smallest absolute Gasteiger partial charge is 0.325 e. The molecule has 33 heavy (non-hydrogen) atoms. The molecule has 3 aromatic carbocycles. The molecule has 1 heterocycles. The van der Waals surface area contributed by atoms with Gasteiger partial charge in [0, 0.05) is 0 Å². The molecular formula is C26H25N3O4. The van der Waals surface area contributed by atoms with E-state index in [1.54, 1.807) is 31.2 Å². The number of aryl methyl sites for hydroxylation is 1. The maximum atomic E-state index is 13.0. The first-order valence-corrected chi connectivity index (χ1v) is 10.7. The van der Waals surface area contributed by atoms with Crippen LogP contribution in [0.2, 0.25) is 0 Å². The van der Waals surface area contributed by atoms with Crippen molar-refractivity contribution < 1.29 is 19.1 Å². The van der Waals surface area contributed by atoms with E-state index in [0.717, 1.165) is 10.5 Å². The van der Waals surface area contributed by atoms with E-state index in [4.69, 9.17) is 4.74 Å². The lowest BCUT2D eigenvalue weighted by Crippen LogP contribution is -2.45. The molecule has 1 aliphatic rings. The summed E-state index contributed by atoms with van der Waals surface area (Å²) in [7, 11) is 0. The van der Waals surface area contributed by atoms with Gasteiger partial charge in [0.1, 0.15) is 17.8 Å². The number of carbonyl (C=O) groups excluding carboxylic acids is 3. The summed E-state index contributed by atoms with van der Waals surface area (Å²) in [5, 5.41) is 5.49. The van der Waals surface area contributed by atoms with Crippen LogP contribution in [0.1, 0.15) is 18.9 Å². The van der Waals surface area contributed by atoms with Crippen LogP contribution < -0.4 is 15.4 Å². The van der Waals surface area contributed by atoms with E-state index in [-0.39, 0.29) is 6.54 Å². The molecule has 1 saturated heterocycles. The van der Waals surface area contributed by atoms with Crippen LogP contribution in [-0.4, -0.2) is 34.8 Å². The molecular weight excluding hydrogens is 418 g/mol. The van der Waals surface area contributed by atoms with Crippen LogP contribution in [0.4, 0.5) is 10.5 Å². The van der Waals surface area contributed by atoms with Gasteiger partial charge >= 0.3 is 6.03 Å². The predicted molar refractivity (Wildman–Crippen MR) is 125 cm³/mol. The van der Waals surface area contributed by atoms with Crippen LogP contribution in [0.25, 0.3) is 0 Å². The van der Waals surface area contributed by atoms with Gasteiger partial charge in [-0.05, 0) is 49.6 Å². The Labute approximate surface area is 192 Å². The van der Waals surface area contributed by atoms with Gasteiger partial charge in [-0.1, -0.05) is 60.7 Å². The summed E-state index contributed by atoms with van der Waals surface area (Å²) in [5.74, 6) is 0.187. The minimum absolute atomic E-state index is 0.384. The highest BCUT2D eigenvalue weighted by Gasteiger charge is 2.47. The van der Waals surface area contributed by atoms with Gasteiger partial charge in [-0.15, -0.1) is 0 Å². The van der Waals surface area contributed by atoms with E-state index in [0.29, 0.717) is 30.0 Å². The number of imide groups is 1. The quantitative estimate of drug-likeness (QED) is 0.507. The largest absolute Gasteiger partial charge is 0.455 e. The highest BCUT2D eigenvalue weighted by atomic mass is 16.5. The second-order valence-electron chi connectivity index (χ2n) is 8.10. The van der Waals surface area contributed by atoms with Gasteiger partial charge in [-0.2, -0.15) is 0 Å². The Hall–Kier alpha value is -4.13. The van der Waals surface area contributed by atoms with E-state index in [2.05, 4.69) is 10.6 Å². The standard InChI is InChI=1S/C26H25N3O4/c1-26(17-16-19-10-4-2-5-11-19)24(31)29(25(32)28-26)18-23(30)27-21-14-8-9-15-22(21)33-20-12-6-3-7-13-20/h2-15H,16-18H2,1H3,(H,27,30)(H,28,32)/t26-/m0/s1. The number of ether oxygens (including phenoxy) is 1. The monoisotopic (exact) mass is 443 g/mol. The molecule has 2 N–H and O–H groups in total. The number of amides is 4. The Balaban J connectivity index is 1.40. The van der Waals surface area contributed by atoms with Crippen LogP contribution in [-0.2, 0) is 16.0 Å². The van der Waals surface area contributed by atoms with Crippen molar-refractivity contribution in [3.05, 3.63) is 90.5 Å². The summed E-state index contributed by atoms with van der Waals surface area (Å²) < 4.78 is 5.86. The van der Waals surface area contributed by atoms with Crippen molar-refractivity contribution in [2.75, 3.05) is 11.9 Å². The van der Waals surface area contributed by atoms with Gasteiger partial charge in [-0.3, -0.25) is 14.5 Å². The fourth-order valence-corrected chi connectivity index (χ4v) is 3.71. The lowest BCUT2D eigenvalue weighted by molar-refractivity contribution is -0.133. The maximum absolute atomic E-state index is 13.0. The van der Waals surface area contributed by atoms with Crippen LogP contribution in [0.3, 0.4) is 0 Å². The molecule has 0 spiro atoms. The zero-order valence-corrected chi connectivity index (χ0v) is 18.3. The van der Waals surface area contributed by atoms with Crippen molar-refractivity contribution in [2.24, 2.45) is 0 Å². The molecule has 168 valence electrons. The third kappa shape index (κ3) is 5.20. The molecule has 0 saturated carbocycles. The van der Waals surface area contributed by atoms with E-state index < -0.39 is 23.4 Å². The molecule has 0 aromatic heterocycles. The Morgan fingerprint density at radius 1 is 0.939 bits per heavy atom. The second kappa shape index (κ2) is 9.56. The predicted octanol–water partition coefficient (Wildman–Crippen LogP) is 4.36. The van der Waals surface area contributed by atoms with Gasteiger partial charge in [-0.25, -0.2) is 4.79 Å². The highest BCUT2D eigenvalue weighted by Crippen LogP contribution is 2.29. The first-order valence-electron chi connectivity index (χ1n) is 10.7. The number of rotatable bonds is 8. The lowest BCUT2D eigenvalue weighted by Gasteiger charge is -2.21. The molecule has 4 amide bonds. The number of para-hydroxylation sites is 3. The van der Waals surface area contributed by atoms with Gasteiger partial charge < -0.3 is 15.4 Å². The average molecular weight is 444 g/mol. The zero-order chi connectivity index (χ0) is 23.3. The normalized spacial score (nSPS) is 17.5. The Morgan fingerprint density at radius 3 is 2.30 bits per heavy atom. The summed E-state index contributed by atoms with van der Waals surface area (Å²) in [6.07, 6.45) is 1.07. The van der Waals surface area contributed by atoms with E-state index in [1.165, 1.54) is 0 Å². The van der Waals surface area contributed by atoms with Crippen LogP contribution in [0.5, 0.6) is 11.5 Å². The summed E-state index contributed by atoms with van der Waals surface area (Å²) in [6, 6.07) is 25.4. The fourth-order valence-electron chi connectivity index (χ4n) is 3.71. The summed E-state index contributed by atoms with van der Waals surface area (Å²) in [4.78, 5) is 39.2. The number of carbonyl (C=O) groups is 3. The number of benzene rings is 3. The Bertz CT molecular complexity index is 1150. The van der Waals surface area contributed by atoms with Crippen LogP contribution in [0, 0.1) is 0 Å². The minimum atomic E-state index is -1.05. The number of urea groups is 1. The van der Waals surface area contributed by atoms with Crippen molar-refractivity contribution in [3.63, 3.8) is 0 Å². The van der Waals surface area contributed by atoms with Crippen molar-refractivity contribution in [3.8, 4) is 11.5 Å². The molecule has 7 nitrogen and oxygen atoms in total. The number of hydrogen-bond acceptors (Lipinski definition) is 4. The SMILES string of the molecule is C[C@@]1(CCc2ccccc2)NC(=O)N(CC(=O)Nc2ccccc2Oc2ccccc2)C1=O. The Morgan fingerprint density at radius 2 is 1.58 bits per heavy atom. The molecule has 4 rings (SSSR count). The third-order valence-electron chi connectivity index (χ3n) is 5.54. The fraction of sp³-hybridized carbons (Fsp3) is 0.192. The number of nitrogens with zero attached hydrogens (tertiary/aromatic N) is 1. The maximum Gasteiger partial charge on any atom is 0.325 e. The van der Waals surface area contributed by atoms with Crippen LogP contribution >= 0.6 is 0 Å². The van der Waals surface area contributed by atoms with Gasteiger partial charge in [0.05, 0.1) is 5.69 Å². The van der Waals surface area contributed by atoms with Crippen molar-refractivity contribution in [2.45, 2.75) is 25.3 Å². The van der Waals surface area contributed by atoms with Gasteiger partial charge in [0.15, 0.2) is 5.75 Å². The van der Waals surface area contributed by atoms with Gasteiger partial charge in [0.25, 0.3) is 5.91 Å². The summed E-state index contributed by atoms with van der Waals surface area (Å²) >= 11 is 0. The third-order valence-corrected chi connectivity index (χ3v) is 5.54. The zero-order valence-electron chi connectivity index (χ0n) is 18.3.